The van der Waals surface area contributed by atoms with Gasteiger partial charge in [-0.1, -0.05) is 36.2 Å². The minimum absolute atomic E-state index is 0.0742. The number of aromatic carboxylic acids is 1. The van der Waals surface area contributed by atoms with Crippen LogP contribution >= 0.6 is 23.2 Å². The molecule has 48 heavy (non-hydrogen) atoms. The Labute approximate surface area is 291 Å². The molecule has 254 valence electrons. The number of allylic oxidation sites excluding steroid dienone is 1. The maximum absolute atomic E-state index is 14.7. The number of benzene rings is 2. The molecule has 11 heteroatoms. The molecule has 0 bridgehead atoms. The number of hydrazine groups is 1. The maximum Gasteiger partial charge on any atom is 0.371 e. The Morgan fingerprint density at radius 3 is 2.38 bits per heavy atom. The van der Waals surface area contributed by atoms with E-state index in [1.165, 1.54) is 6.07 Å². The lowest BCUT2D eigenvalue weighted by molar-refractivity contribution is 0.0655. The molecule has 2 aromatic carbocycles. The lowest BCUT2D eigenvalue weighted by Gasteiger charge is -2.26. The molecule has 2 aromatic heterocycles. The van der Waals surface area contributed by atoms with Crippen molar-refractivity contribution in [3.05, 3.63) is 91.6 Å². The summed E-state index contributed by atoms with van der Waals surface area (Å²) in [7, 11) is 4.12. The van der Waals surface area contributed by atoms with E-state index in [9.17, 15) is 14.7 Å². The predicted molar refractivity (Wildman–Crippen MR) is 189 cm³/mol. The Balaban J connectivity index is 1.45. The van der Waals surface area contributed by atoms with Crippen LogP contribution in [0.5, 0.6) is 5.75 Å². The molecule has 0 fully saturated rings. The van der Waals surface area contributed by atoms with E-state index >= 15 is 0 Å². The molecule has 0 aliphatic carbocycles. The third-order valence-corrected chi connectivity index (χ3v) is 10.8. The zero-order valence-corrected chi connectivity index (χ0v) is 30.0. The van der Waals surface area contributed by atoms with Gasteiger partial charge in [-0.15, -0.1) is 0 Å². The van der Waals surface area contributed by atoms with Crippen LogP contribution in [0.2, 0.25) is 10.0 Å². The number of hydrogen-bond donors (Lipinski definition) is 1. The number of rotatable bonds is 9. The molecule has 0 saturated heterocycles. The molecule has 2 unspecified atom stereocenters. The van der Waals surface area contributed by atoms with Crippen LogP contribution in [0.3, 0.4) is 0 Å². The van der Waals surface area contributed by atoms with E-state index in [-0.39, 0.29) is 30.2 Å². The average Bonchev–Trinajstić information content (AvgIpc) is 3.66. The number of halogens is 2. The van der Waals surface area contributed by atoms with Crippen LogP contribution in [0.15, 0.2) is 46.5 Å². The number of nitrogens with zero attached hydrogens (tertiary/aromatic N) is 4. The van der Waals surface area contributed by atoms with Gasteiger partial charge in [0.15, 0.2) is 0 Å². The van der Waals surface area contributed by atoms with Crippen molar-refractivity contribution in [2.24, 2.45) is 5.92 Å². The van der Waals surface area contributed by atoms with Crippen molar-refractivity contribution in [1.82, 2.24) is 19.5 Å². The number of aryl methyl sites for hydroxylation is 3. The van der Waals surface area contributed by atoms with Crippen molar-refractivity contribution >= 4 is 51.6 Å². The summed E-state index contributed by atoms with van der Waals surface area (Å²) in [6, 6.07) is 11.0. The second-order valence-corrected chi connectivity index (χ2v) is 14.0. The molecule has 0 spiro atoms. The molecule has 9 nitrogen and oxygen atoms in total. The topological polar surface area (TPSA) is 91.4 Å². The predicted octanol–water partition coefficient (Wildman–Crippen LogP) is 8.07. The molecule has 4 aromatic rings. The summed E-state index contributed by atoms with van der Waals surface area (Å²) in [5.74, 6) is -0.117. The Morgan fingerprint density at radius 1 is 1.04 bits per heavy atom. The smallest absolute Gasteiger partial charge is 0.371 e. The summed E-state index contributed by atoms with van der Waals surface area (Å²) in [6.45, 7) is 12.1. The molecule has 2 aliphatic heterocycles. The van der Waals surface area contributed by atoms with Crippen molar-refractivity contribution in [3.63, 3.8) is 0 Å². The fourth-order valence-corrected chi connectivity index (χ4v) is 7.65. The number of aromatic nitrogens is 1. The van der Waals surface area contributed by atoms with E-state index in [1.807, 2.05) is 38.1 Å². The highest BCUT2D eigenvalue weighted by atomic mass is 35.5. The van der Waals surface area contributed by atoms with Crippen LogP contribution in [-0.4, -0.2) is 69.8 Å². The second-order valence-electron chi connectivity index (χ2n) is 13.2. The summed E-state index contributed by atoms with van der Waals surface area (Å²) in [6.07, 6.45) is 1.29. The molecule has 1 amide bonds. The van der Waals surface area contributed by atoms with Gasteiger partial charge in [-0.2, -0.15) is 0 Å². The van der Waals surface area contributed by atoms with E-state index in [4.69, 9.17) is 32.4 Å². The van der Waals surface area contributed by atoms with E-state index < -0.39 is 5.97 Å². The minimum Gasteiger partial charge on any atom is -0.494 e. The highest BCUT2D eigenvalue weighted by molar-refractivity contribution is 6.34. The summed E-state index contributed by atoms with van der Waals surface area (Å²) >= 11 is 13.5. The number of carboxylic acid groups (broad SMARTS) is 1. The minimum atomic E-state index is -1.14. The number of carboxylic acids is 1. The van der Waals surface area contributed by atoms with Crippen molar-refractivity contribution in [1.29, 1.82) is 0 Å². The normalized spacial score (nSPS) is 18.6. The van der Waals surface area contributed by atoms with Crippen LogP contribution in [0.1, 0.15) is 76.2 Å². The first-order chi connectivity index (χ1) is 22.8. The second kappa shape index (κ2) is 13.2. The first-order valence-electron chi connectivity index (χ1n) is 16.3. The Hall–Kier alpha value is -3.92. The molecule has 2 aliphatic rings. The van der Waals surface area contributed by atoms with Crippen LogP contribution in [-0.2, 0) is 19.5 Å². The van der Waals surface area contributed by atoms with Gasteiger partial charge in [0.2, 0.25) is 5.76 Å². The molecule has 6 rings (SSSR count). The first-order valence-corrected chi connectivity index (χ1v) is 17.1. The Bertz CT molecular complexity index is 1940. The number of fused-ring (bicyclic) bond motifs is 3. The van der Waals surface area contributed by atoms with Crippen LogP contribution in [0, 0.1) is 19.8 Å². The van der Waals surface area contributed by atoms with E-state index in [0.717, 1.165) is 55.2 Å². The van der Waals surface area contributed by atoms with Gasteiger partial charge in [-0.25, -0.2) is 9.80 Å². The molecular formula is C37H42Cl2N4O5. The molecule has 2 atom stereocenters. The van der Waals surface area contributed by atoms with Gasteiger partial charge in [-0.05, 0) is 93.5 Å². The number of carbonyl (C=O) groups excluding carboxylic acids is 1. The van der Waals surface area contributed by atoms with Crippen LogP contribution in [0.4, 0.5) is 0 Å². The van der Waals surface area contributed by atoms with Gasteiger partial charge in [0.1, 0.15) is 17.2 Å². The average molecular weight is 694 g/mol. The molecule has 1 N–H and O–H groups in total. The first kappa shape index (κ1) is 34.0. The van der Waals surface area contributed by atoms with Crippen molar-refractivity contribution in [2.75, 3.05) is 27.2 Å². The zero-order valence-electron chi connectivity index (χ0n) is 28.5. The van der Waals surface area contributed by atoms with Crippen molar-refractivity contribution in [3.8, 4) is 5.75 Å². The number of furan rings is 1. The fraction of sp³-hybridized carbons (Fsp3) is 0.405. The van der Waals surface area contributed by atoms with Gasteiger partial charge in [0, 0.05) is 54.4 Å². The Kier molecular flexibility index (Phi) is 9.32. The SMILES string of the molecule is CC1=C(c2c(Cl)ccc3c(CCCOc4cc(C)c(Cl)c(C)c4)c4n(c23)CC(C)CN(Cc2ccc(C(=O)O)o2)C4=O)C(C)N(C)N1C. The molecule has 0 saturated carbocycles. The highest BCUT2D eigenvalue weighted by Gasteiger charge is 2.37. The molecule has 0 radical (unpaired) electrons. The summed E-state index contributed by atoms with van der Waals surface area (Å²) in [4.78, 5) is 27.9. The van der Waals surface area contributed by atoms with Gasteiger partial charge >= 0.3 is 5.97 Å². The lowest BCUT2D eigenvalue weighted by atomic mass is 9.95. The standard InChI is InChI=1S/C37H42Cl2N4O5/c1-20-17-42(19-25-10-13-30(48-25)37(45)46)36(44)35-27(9-8-14-47-26-15-21(2)33(39)22(3)16-26)28-11-12-29(38)32(34(28)43(35)18-20)31-23(4)40(6)41(7)24(31)5/h10-13,15-16,20,23H,8-9,14,17-19H2,1-7H3,(H,45,46). The largest absolute Gasteiger partial charge is 0.494 e. The van der Waals surface area contributed by atoms with Gasteiger partial charge < -0.3 is 28.7 Å². The quantitative estimate of drug-likeness (QED) is 0.177. The zero-order chi connectivity index (χ0) is 34.6. The van der Waals surface area contributed by atoms with E-state index in [0.29, 0.717) is 49.0 Å². The molecule has 4 heterocycles. The third-order valence-electron chi connectivity index (χ3n) is 9.86. The van der Waals surface area contributed by atoms with Gasteiger partial charge in [0.05, 0.1) is 29.7 Å². The summed E-state index contributed by atoms with van der Waals surface area (Å²) in [5.41, 5.74) is 7.69. The monoisotopic (exact) mass is 692 g/mol. The number of amides is 1. The van der Waals surface area contributed by atoms with E-state index in [1.54, 1.807) is 11.0 Å². The highest BCUT2D eigenvalue weighted by Crippen LogP contribution is 2.44. The maximum atomic E-state index is 14.7. The number of hydrogen-bond acceptors (Lipinski definition) is 6. The fourth-order valence-electron chi connectivity index (χ4n) is 7.29. The lowest BCUT2D eigenvalue weighted by Crippen LogP contribution is -2.34. The Morgan fingerprint density at radius 2 is 1.75 bits per heavy atom. The van der Waals surface area contributed by atoms with Crippen LogP contribution < -0.4 is 4.74 Å². The van der Waals surface area contributed by atoms with Gasteiger partial charge in [0.25, 0.3) is 5.91 Å². The summed E-state index contributed by atoms with van der Waals surface area (Å²) in [5, 5.41) is 16.1. The van der Waals surface area contributed by atoms with Crippen LogP contribution in [0.25, 0.3) is 16.5 Å². The number of ether oxygens (including phenoxy) is 1. The molecular weight excluding hydrogens is 651 g/mol. The van der Waals surface area contributed by atoms with E-state index in [2.05, 4.69) is 49.5 Å². The van der Waals surface area contributed by atoms with Crippen molar-refractivity contribution in [2.45, 2.75) is 66.6 Å². The third kappa shape index (κ3) is 5.97. The number of likely N-dealkylation sites (N-methyl/N-ethyl adjacent to an activating group) is 1. The number of carbonyl (C=O) groups is 2. The van der Waals surface area contributed by atoms with Crippen molar-refractivity contribution < 1.29 is 23.8 Å². The van der Waals surface area contributed by atoms with Gasteiger partial charge in [-0.3, -0.25) is 4.79 Å². The summed E-state index contributed by atoms with van der Waals surface area (Å²) < 4.78 is 13.9.